The van der Waals surface area contributed by atoms with Crippen LogP contribution in [-0.4, -0.2) is 10.1 Å². The quantitative estimate of drug-likeness (QED) is 0.898. The summed E-state index contributed by atoms with van der Waals surface area (Å²) in [6.45, 7) is 5.98. The minimum absolute atomic E-state index is 0.396. The molecule has 1 atom stereocenters. The number of pyridine rings is 1. The van der Waals surface area contributed by atoms with Gasteiger partial charge >= 0.3 is 0 Å². The van der Waals surface area contributed by atoms with Crippen LogP contribution >= 0.6 is 0 Å². The molecule has 19 heavy (non-hydrogen) atoms. The lowest BCUT2D eigenvalue weighted by Crippen LogP contribution is -1.96. The van der Waals surface area contributed by atoms with Gasteiger partial charge in [0, 0.05) is 12.3 Å². The van der Waals surface area contributed by atoms with Crippen molar-refractivity contribution in [1.29, 1.82) is 0 Å². The predicted molar refractivity (Wildman–Crippen MR) is 75.5 cm³/mol. The van der Waals surface area contributed by atoms with Gasteiger partial charge in [-0.1, -0.05) is 32.0 Å². The van der Waals surface area contributed by atoms with Crippen molar-refractivity contribution in [1.82, 2.24) is 4.98 Å². The summed E-state index contributed by atoms with van der Waals surface area (Å²) >= 11 is 0. The number of nitrogens with zero attached hydrogens (tertiary/aromatic N) is 1. The number of aliphatic hydroxyl groups is 1. The van der Waals surface area contributed by atoms with Crippen molar-refractivity contribution >= 4 is 0 Å². The van der Waals surface area contributed by atoms with Gasteiger partial charge < -0.3 is 9.84 Å². The van der Waals surface area contributed by atoms with E-state index in [1.54, 1.807) is 19.2 Å². The van der Waals surface area contributed by atoms with E-state index in [1.807, 2.05) is 24.3 Å². The van der Waals surface area contributed by atoms with E-state index in [4.69, 9.17) is 4.74 Å². The van der Waals surface area contributed by atoms with Crippen LogP contribution in [0, 0.1) is 0 Å². The maximum Gasteiger partial charge on any atom is 0.219 e. The van der Waals surface area contributed by atoms with E-state index in [2.05, 4.69) is 24.9 Å². The number of hydrogen-bond acceptors (Lipinski definition) is 3. The molecule has 0 spiro atoms. The molecule has 1 N–H and O–H groups in total. The van der Waals surface area contributed by atoms with Crippen molar-refractivity contribution in [2.45, 2.75) is 32.8 Å². The first-order valence-electron chi connectivity index (χ1n) is 6.48. The monoisotopic (exact) mass is 257 g/mol. The largest absolute Gasteiger partial charge is 0.439 e. The Bertz CT molecular complexity index is 533. The molecule has 0 aliphatic rings. The van der Waals surface area contributed by atoms with Crippen LogP contribution in [0.3, 0.4) is 0 Å². The molecular weight excluding hydrogens is 238 g/mol. The zero-order chi connectivity index (χ0) is 13.8. The molecule has 0 aliphatic heterocycles. The highest BCUT2D eigenvalue weighted by molar-refractivity contribution is 5.38. The first-order chi connectivity index (χ1) is 9.08. The SMILES string of the molecule is CC(C)c1ccccc1Oc1ccc(C(C)O)cn1. The van der Waals surface area contributed by atoms with Crippen molar-refractivity contribution < 1.29 is 9.84 Å². The normalized spacial score (nSPS) is 12.5. The summed E-state index contributed by atoms with van der Waals surface area (Å²) in [6, 6.07) is 11.6. The molecule has 0 saturated carbocycles. The molecule has 1 heterocycles. The van der Waals surface area contributed by atoms with E-state index in [-0.39, 0.29) is 0 Å². The van der Waals surface area contributed by atoms with E-state index >= 15 is 0 Å². The van der Waals surface area contributed by atoms with Gasteiger partial charge in [0.2, 0.25) is 5.88 Å². The van der Waals surface area contributed by atoms with Crippen LogP contribution < -0.4 is 4.74 Å². The maximum absolute atomic E-state index is 9.44. The number of benzene rings is 1. The number of para-hydroxylation sites is 1. The Morgan fingerprint density at radius 1 is 1.05 bits per heavy atom. The summed E-state index contributed by atoms with van der Waals surface area (Å²) in [5, 5.41) is 9.44. The Morgan fingerprint density at radius 3 is 2.37 bits per heavy atom. The standard InChI is InChI=1S/C16H19NO2/c1-11(2)14-6-4-5-7-15(14)19-16-9-8-13(10-17-16)12(3)18/h4-12,18H,1-3H3. The Kier molecular flexibility index (Phi) is 4.17. The Balaban J connectivity index is 2.21. The summed E-state index contributed by atoms with van der Waals surface area (Å²) in [6.07, 6.45) is 1.13. The molecule has 3 nitrogen and oxygen atoms in total. The fraction of sp³-hybridized carbons (Fsp3) is 0.312. The minimum Gasteiger partial charge on any atom is -0.439 e. The summed E-state index contributed by atoms with van der Waals surface area (Å²) in [5.41, 5.74) is 1.94. The number of aromatic nitrogens is 1. The van der Waals surface area contributed by atoms with Crippen molar-refractivity contribution in [2.24, 2.45) is 0 Å². The molecule has 1 unspecified atom stereocenters. The van der Waals surface area contributed by atoms with Crippen LogP contribution in [0.15, 0.2) is 42.6 Å². The summed E-state index contributed by atoms with van der Waals surface area (Å²) in [5.74, 6) is 1.76. The third-order valence-electron chi connectivity index (χ3n) is 3.00. The van der Waals surface area contributed by atoms with Crippen LogP contribution in [-0.2, 0) is 0 Å². The highest BCUT2D eigenvalue weighted by atomic mass is 16.5. The van der Waals surface area contributed by atoms with Gasteiger partial charge in [-0.2, -0.15) is 0 Å². The van der Waals surface area contributed by atoms with Crippen LogP contribution in [0.2, 0.25) is 0 Å². The Labute approximate surface area is 113 Å². The number of ether oxygens (including phenoxy) is 1. The lowest BCUT2D eigenvalue weighted by atomic mass is 10.0. The second kappa shape index (κ2) is 5.85. The number of rotatable bonds is 4. The topological polar surface area (TPSA) is 42.4 Å². The second-order valence-corrected chi connectivity index (χ2v) is 4.90. The third kappa shape index (κ3) is 3.32. The Morgan fingerprint density at radius 2 is 1.79 bits per heavy atom. The third-order valence-corrected chi connectivity index (χ3v) is 3.00. The van der Waals surface area contributed by atoms with E-state index < -0.39 is 6.10 Å². The number of aliphatic hydroxyl groups excluding tert-OH is 1. The zero-order valence-electron chi connectivity index (χ0n) is 11.5. The average molecular weight is 257 g/mol. The van der Waals surface area contributed by atoms with Gasteiger partial charge in [-0.15, -0.1) is 0 Å². The smallest absolute Gasteiger partial charge is 0.219 e. The van der Waals surface area contributed by atoms with Crippen LogP contribution in [0.1, 0.15) is 43.9 Å². The molecule has 1 aromatic carbocycles. The molecule has 0 radical (unpaired) electrons. The molecule has 2 aromatic rings. The van der Waals surface area contributed by atoms with E-state index in [9.17, 15) is 5.11 Å². The van der Waals surface area contributed by atoms with Crippen LogP contribution in [0.4, 0.5) is 0 Å². The van der Waals surface area contributed by atoms with Gasteiger partial charge in [0.15, 0.2) is 0 Å². The molecule has 0 aliphatic carbocycles. The van der Waals surface area contributed by atoms with Gasteiger partial charge in [-0.25, -0.2) is 4.98 Å². The summed E-state index contributed by atoms with van der Waals surface area (Å²) < 4.78 is 5.81. The van der Waals surface area contributed by atoms with E-state index in [0.29, 0.717) is 11.8 Å². The second-order valence-electron chi connectivity index (χ2n) is 4.90. The van der Waals surface area contributed by atoms with Crippen LogP contribution in [0.5, 0.6) is 11.6 Å². The van der Waals surface area contributed by atoms with Gasteiger partial charge in [0.1, 0.15) is 5.75 Å². The van der Waals surface area contributed by atoms with Gasteiger partial charge in [-0.3, -0.25) is 0 Å². The number of hydrogen-bond donors (Lipinski definition) is 1. The molecule has 0 saturated heterocycles. The molecule has 100 valence electrons. The predicted octanol–water partition coefficient (Wildman–Crippen LogP) is 4.05. The van der Waals surface area contributed by atoms with E-state index in [0.717, 1.165) is 16.9 Å². The molecule has 3 heteroatoms. The summed E-state index contributed by atoms with van der Waals surface area (Å²) in [7, 11) is 0. The Hall–Kier alpha value is -1.87. The van der Waals surface area contributed by atoms with E-state index in [1.165, 1.54) is 0 Å². The first-order valence-corrected chi connectivity index (χ1v) is 6.48. The van der Waals surface area contributed by atoms with Crippen molar-refractivity contribution in [3.63, 3.8) is 0 Å². The van der Waals surface area contributed by atoms with Gasteiger partial charge in [0.25, 0.3) is 0 Å². The lowest BCUT2D eigenvalue weighted by Gasteiger charge is -2.13. The highest BCUT2D eigenvalue weighted by Gasteiger charge is 2.09. The maximum atomic E-state index is 9.44. The molecule has 2 rings (SSSR count). The lowest BCUT2D eigenvalue weighted by molar-refractivity contribution is 0.198. The fourth-order valence-corrected chi connectivity index (χ4v) is 1.86. The minimum atomic E-state index is -0.510. The molecule has 0 fully saturated rings. The highest BCUT2D eigenvalue weighted by Crippen LogP contribution is 2.29. The van der Waals surface area contributed by atoms with Crippen molar-refractivity contribution in [2.75, 3.05) is 0 Å². The molecule has 0 amide bonds. The molecular formula is C16H19NO2. The molecule has 0 bridgehead atoms. The van der Waals surface area contributed by atoms with Crippen molar-refractivity contribution in [3.8, 4) is 11.6 Å². The average Bonchev–Trinajstić information content (AvgIpc) is 2.39. The van der Waals surface area contributed by atoms with Crippen molar-refractivity contribution in [3.05, 3.63) is 53.7 Å². The summed E-state index contributed by atoms with van der Waals surface area (Å²) in [4.78, 5) is 4.21. The first kappa shape index (κ1) is 13.6. The zero-order valence-corrected chi connectivity index (χ0v) is 11.5. The molecule has 1 aromatic heterocycles. The van der Waals surface area contributed by atoms with Gasteiger partial charge in [-0.05, 0) is 36.1 Å². The fourth-order valence-electron chi connectivity index (χ4n) is 1.86. The van der Waals surface area contributed by atoms with Gasteiger partial charge in [0.05, 0.1) is 6.10 Å². The van der Waals surface area contributed by atoms with Crippen LogP contribution in [0.25, 0.3) is 0 Å².